The van der Waals surface area contributed by atoms with Crippen molar-refractivity contribution in [3.8, 4) is 17.1 Å². The van der Waals surface area contributed by atoms with Gasteiger partial charge in [0.2, 0.25) is 5.91 Å². The first kappa shape index (κ1) is 19.4. The molecular weight excluding hydrogens is 380 g/mol. The Morgan fingerprint density at radius 1 is 1.07 bits per heavy atom. The molecule has 5 nitrogen and oxygen atoms in total. The van der Waals surface area contributed by atoms with Gasteiger partial charge < -0.3 is 14.6 Å². The Morgan fingerprint density at radius 3 is 2.39 bits per heavy atom. The molecule has 1 amide bonds. The van der Waals surface area contributed by atoms with Crippen LogP contribution in [0.15, 0.2) is 59.3 Å². The number of anilines is 1. The summed E-state index contributed by atoms with van der Waals surface area (Å²) >= 11 is 0. The number of nitrogens with one attached hydrogen (secondary N) is 1. The molecule has 0 unspecified atom stereocenters. The molecule has 0 spiro atoms. The predicted octanol–water partition coefficient (Wildman–Crippen LogP) is 4.95. The van der Waals surface area contributed by atoms with E-state index in [1.54, 1.807) is 12.1 Å². The molecule has 0 radical (unpaired) electrons. The summed E-state index contributed by atoms with van der Waals surface area (Å²) in [4.78, 5) is 12.1. The van der Waals surface area contributed by atoms with Crippen molar-refractivity contribution >= 4 is 11.6 Å². The molecule has 28 heavy (non-hydrogen) atoms. The zero-order chi connectivity index (χ0) is 20.1. The summed E-state index contributed by atoms with van der Waals surface area (Å²) in [5, 5.41) is 6.30. The van der Waals surface area contributed by atoms with E-state index in [-0.39, 0.29) is 23.9 Å². The van der Waals surface area contributed by atoms with Crippen LogP contribution in [0.3, 0.4) is 0 Å². The molecule has 0 bridgehead atoms. The lowest BCUT2D eigenvalue weighted by Gasteiger charge is -2.10. The number of carbonyl (C=O) groups is 1. The number of hydrogen-bond donors (Lipinski definition) is 1. The Labute approximate surface area is 156 Å². The molecule has 2 aromatic carbocycles. The van der Waals surface area contributed by atoms with Gasteiger partial charge in [-0.05, 0) is 55.0 Å². The maximum Gasteiger partial charge on any atom is 0.573 e. The van der Waals surface area contributed by atoms with E-state index in [0.29, 0.717) is 29.0 Å². The van der Waals surface area contributed by atoms with Gasteiger partial charge in [0.25, 0.3) is 0 Å². The Balaban J connectivity index is 1.57. The Kier molecular flexibility index (Phi) is 5.62. The van der Waals surface area contributed by atoms with Gasteiger partial charge in [-0.2, -0.15) is 0 Å². The van der Waals surface area contributed by atoms with Crippen LogP contribution in [0.2, 0.25) is 0 Å². The number of aromatic nitrogens is 1. The molecule has 0 aliphatic rings. The van der Waals surface area contributed by atoms with E-state index in [4.69, 9.17) is 4.52 Å². The van der Waals surface area contributed by atoms with E-state index >= 15 is 0 Å². The van der Waals surface area contributed by atoms with E-state index in [9.17, 15) is 22.4 Å². The highest BCUT2D eigenvalue weighted by molar-refractivity contribution is 5.91. The molecular formula is C19H14F4N2O3. The van der Waals surface area contributed by atoms with Gasteiger partial charge in [-0.25, -0.2) is 4.39 Å². The first-order chi connectivity index (χ1) is 13.3. The second-order valence-corrected chi connectivity index (χ2v) is 5.81. The number of rotatable bonds is 6. The summed E-state index contributed by atoms with van der Waals surface area (Å²) in [7, 11) is 0. The van der Waals surface area contributed by atoms with Crippen LogP contribution in [0, 0.1) is 5.82 Å². The summed E-state index contributed by atoms with van der Waals surface area (Å²) in [6.07, 6.45) is -2.88. The van der Waals surface area contributed by atoms with Crippen molar-refractivity contribution in [2.24, 2.45) is 0 Å². The minimum atomic E-state index is -4.77. The highest BCUT2D eigenvalue weighted by atomic mass is 19.4. The van der Waals surface area contributed by atoms with Crippen molar-refractivity contribution in [1.82, 2.24) is 5.16 Å². The third-order valence-corrected chi connectivity index (χ3v) is 3.74. The van der Waals surface area contributed by atoms with Gasteiger partial charge >= 0.3 is 6.36 Å². The van der Waals surface area contributed by atoms with Crippen LogP contribution in [0.1, 0.15) is 12.0 Å². The summed E-state index contributed by atoms with van der Waals surface area (Å²) in [5.74, 6) is -0.646. The van der Waals surface area contributed by atoms with Crippen LogP contribution >= 0.6 is 0 Å². The van der Waals surface area contributed by atoms with Gasteiger partial charge in [0.15, 0.2) is 5.76 Å². The predicted molar refractivity (Wildman–Crippen MR) is 92.0 cm³/mol. The van der Waals surface area contributed by atoms with E-state index in [1.165, 1.54) is 30.5 Å². The lowest BCUT2D eigenvalue weighted by molar-refractivity contribution is -0.274. The van der Waals surface area contributed by atoms with Gasteiger partial charge in [0, 0.05) is 23.2 Å². The highest BCUT2D eigenvalue weighted by Gasteiger charge is 2.30. The molecule has 0 aliphatic carbocycles. The topological polar surface area (TPSA) is 64.4 Å². The van der Waals surface area contributed by atoms with Crippen molar-refractivity contribution in [3.05, 3.63) is 66.1 Å². The lowest BCUT2D eigenvalue weighted by Crippen LogP contribution is -2.17. The Morgan fingerprint density at radius 2 is 1.75 bits per heavy atom. The number of aryl methyl sites for hydroxylation is 1. The summed E-state index contributed by atoms with van der Waals surface area (Å²) in [6.45, 7) is 0. The number of alkyl halides is 3. The standard InChI is InChI=1S/C19H14F4N2O3/c20-14-4-1-12(2-5-14)18-13(11-24-28-18)3-10-17(26)25-15-6-8-16(9-7-15)27-19(21,22)23/h1-2,4-9,11H,3,10H2,(H,25,26). The third kappa shape index (κ3) is 5.32. The zero-order valence-electron chi connectivity index (χ0n) is 14.3. The summed E-state index contributed by atoms with van der Waals surface area (Å²) in [6, 6.07) is 10.5. The van der Waals surface area contributed by atoms with Gasteiger partial charge in [-0.15, -0.1) is 13.2 Å². The SMILES string of the molecule is O=C(CCc1cnoc1-c1ccc(F)cc1)Nc1ccc(OC(F)(F)F)cc1. The van der Waals surface area contributed by atoms with E-state index in [1.807, 2.05) is 0 Å². The molecule has 9 heteroatoms. The molecule has 1 heterocycles. The summed E-state index contributed by atoms with van der Waals surface area (Å²) < 4.78 is 58.4. The maximum absolute atomic E-state index is 13.0. The third-order valence-electron chi connectivity index (χ3n) is 3.74. The number of hydrogen-bond acceptors (Lipinski definition) is 4. The number of ether oxygens (including phenoxy) is 1. The van der Waals surface area contributed by atoms with Crippen molar-refractivity contribution in [2.45, 2.75) is 19.2 Å². The average Bonchev–Trinajstić information content (AvgIpc) is 3.10. The van der Waals surface area contributed by atoms with Crippen molar-refractivity contribution < 1.29 is 31.6 Å². The van der Waals surface area contributed by atoms with Crippen LogP contribution < -0.4 is 10.1 Å². The molecule has 0 aliphatic heterocycles. The molecule has 3 rings (SSSR count). The van der Waals surface area contributed by atoms with E-state index in [2.05, 4.69) is 15.2 Å². The van der Waals surface area contributed by atoms with Gasteiger partial charge in [-0.3, -0.25) is 4.79 Å². The van der Waals surface area contributed by atoms with Crippen molar-refractivity contribution in [3.63, 3.8) is 0 Å². The average molecular weight is 394 g/mol. The van der Waals surface area contributed by atoms with E-state index in [0.717, 1.165) is 12.1 Å². The second-order valence-electron chi connectivity index (χ2n) is 5.81. The molecule has 0 fully saturated rings. The molecule has 1 N–H and O–H groups in total. The van der Waals surface area contributed by atoms with Gasteiger partial charge in [0.05, 0.1) is 6.20 Å². The van der Waals surface area contributed by atoms with Gasteiger partial charge in [0.1, 0.15) is 11.6 Å². The number of halogens is 4. The maximum atomic E-state index is 13.0. The zero-order valence-corrected chi connectivity index (χ0v) is 14.3. The molecule has 0 atom stereocenters. The number of amides is 1. The number of benzene rings is 2. The van der Waals surface area contributed by atoms with Crippen LogP contribution in [-0.4, -0.2) is 17.4 Å². The first-order valence-corrected chi connectivity index (χ1v) is 8.15. The van der Waals surface area contributed by atoms with Crippen LogP contribution in [0.25, 0.3) is 11.3 Å². The quantitative estimate of drug-likeness (QED) is 0.601. The van der Waals surface area contributed by atoms with Crippen LogP contribution in [-0.2, 0) is 11.2 Å². The monoisotopic (exact) mass is 394 g/mol. The lowest BCUT2D eigenvalue weighted by atomic mass is 10.1. The molecule has 0 saturated carbocycles. The highest BCUT2D eigenvalue weighted by Crippen LogP contribution is 2.26. The second kappa shape index (κ2) is 8.12. The van der Waals surface area contributed by atoms with Gasteiger partial charge in [-0.1, -0.05) is 5.16 Å². The Hall–Kier alpha value is -3.36. The fourth-order valence-corrected chi connectivity index (χ4v) is 2.49. The molecule has 0 saturated heterocycles. The molecule has 1 aromatic heterocycles. The summed E-state index contributed by atoms with van der Waals surface area (Å²) in [5.41, 5.74) is 1.65. The number of nitrogens with zero attached hydrogens (tertiary/aromatic N) is 1. The minimum absolute atomic E-state index is 0.0935. The van der Waals surface area contributed by atoms with Crippen molar-refractivity contribution in [1.29, 1.82) is 0 Å². The minimum Gasteiger partial charge on any atom is -0.406 e. The van der Waals surface area contributed by atoms with Crippen molar-refractivity contribution in [2.75, 3.05) is 5.32 Å². The Bertz CT molecular complexity index is 935. The van der Waals surface area contributed by atoms with Crippen LogP contribution in [0.4, 0.5) is 23.2 Å². The normalized spacial score (nSPS) is 11.3. The molecule has 146 valence electrons. The smallest absolute Gasteiger partial charge is 0.406 e. The number of carbonyl (C=O) groups excluding carboxylic acids is 1. The fraction of sp³-hybridized carbons (Fsp3) is 0.158. The molecule has 3 aromatic rings. The van der Waals surface area contributed by atoms with Crippen LogP contribution in [0.5, 0.6) is 5.75 Å². The fourth-order valence-electron chi connectivity index (χ4n) is 2.49. The van der Waals surface area contributed by atoms with E-state index < -0.39 is 6.36 Å². The largest absolute Gasteiger partial charge is 0.573 e. The first-order valence-electron chi connectivity index (χ1n) is 8.15.